The maximum atomic E-state index is 12.3. The fraction of sp³-hybridized carbons (Fsp3) is 0.158. The van der Waals surface area contributed by atoms with Gasteiger partial charge in [0.2, 0.25) is 15.9 Å². The first kappa shape index (κ1) is 20.3. The van der Waals surface area contributed by atoms with Crippen molar-refractivity contribution >= 4 is 21.8 Å². The highest BCUT2D eigenvalue weighted by atomic mass is 32.2. The Bertz CT molecular complexity index is 955. The fourth-order valence-corrected chi connectivity index (χ4v) is 3.40. The Labute approximate surface area is 158 Å². The molecule has 0 aliphatic carbocycles. The molecular formula is C19H21N3O4S. The summed E-state index contributed by atoms with van der Waals surface area (Å²) in [5.41, 5.74) is 6.75. The van der Waals surface area contributed by atoms with Gasteiger partial charge in [0.15, 0.2) is 0 Å². The molecule has 0 unspecified atom stereocenters. The Hall–Kier alpha value is -2.97. The van der Waals surface area contributed by atoms with E-state index in [1.54, 1.807) is 18.2 Å². The number of carbonyl (C=O) groups is 2. The Morgan fingerprint density at radius 2 is 1.78 bits per heavy atom. The molecule has 2 aromatic carbocycles. The summed E-state index contributed by atoms with van der Waals surface area (Å²) in [5, 5.41) is 2.73. The molecule has 0 heterocycles. The highest BCUT2D eigenvalue weighted by molar-refractivity contribution is 7.89. The van der Waals surface area contributed by atoms with Gasteiger partial charge in [0.05, 0.1) is 4.90 Å². The summed E-state index contributed by atoms with van der Waals surface area (Å²) in [6.45, 7) is 3.89. The van der Waals surface area contributed by atoms with Gasteiger partial charge in [0.1, 0.15) is 0 Å². The van der Waals surface area contributed by atoms with Crippen LogP contribution in [0.1, 0.15) is 26.3 Å². The third-order valence-corrected chi connectivity index (χ3v) is 5.16. The van der Waals surface area contributed by atoms with Crippen LogP contribution in [0.25, 0.3) is 0 Å². The number of sulfonamides is 1. The van der Waals surface area contributed by atoms with Crippen molar-refractivity contribution in [2.24, 2.45) is 5.73 Å². The number of hydrogen-bond donors (Lipinski definition) is 3. The number of carbonyl (C=O) groups excluding carboxylic acids is 2. The highest BCUT2D eigenvalue weighted by Gasteiger charge is 2.15. The molecule has 7 nitrogen and oxygen atoms in total. The number of hydrogen-bond acceptors (Lipinski definition) is 4. The van der Waals surface area contributed by atoms with E-state index in [4.69, 9.17) is 5.73 Å². The molecule has 27 heavy (non-hydrogen) atoms. The van der Waals surface area contributed by atoms with Gasteiger partial charge in [-0.3, -0.25) is 9.59 Å². The van der Waals surface area contributed by atoms with E-state index >= 15 is 0 Å². The van der Waals surface area contributed by atoms with E-state index in [2.05, 4.69) is 16.6 Å². The summed E-state index contributed by atoms with van der Waals surface area (Å²) >= 11 is 0. The van der Waals surface area contributed by atoms with E-state index in [1.807, 2.05) is 6.07 Å². The van der Waals surface area contributed by atoms with Crippen molar-refractivity contribution in [2.75, 3.05) is 13.1 Å². The first-order chi connectivity index (χ1) is 12.8. The molecule has 0 bridgehead atoms. The van der Waals surface area contributed by atoms with Crippen LogP contribution in [0.15, 0.2) is 66.1 Å². The second-order valence-electron chi connectivity index (χ2n) is 5.74. The molecule has 2 rings (SSSR count). The lowest BCUT2D eigenvalue weighted by Crippen LogP contribution is -2.27. The lowest BCUT2D eigenvalue weighted by Gasteiger charge is -2.09. The number of primary amides is 1. The Morgan fingerprint density at radius 1 is 1.07 bits per heavy atom. The minimum absolute atomic E-state index is 0.00570. The topological polar surface area (TPSA) is 118 Å². The zero-order valence-electron chi connectivity index (χ0n) is 14.6. The first-order valence-electron chi connectivity index (χ1n) is 8.21. The van der Waals surface area contributed by atoms with Crippen molar-refractivity contribution in [3.8, 4) is 0 Å². The van der Waals surface area contributed by atoms with E-state index in [-0.39, 0.29) is 22.9 Å². The molecule has 142 valence electrons. The van der Waals surface area contributed by atoms with Crippen LogP contribution in [0.2, 0.25) is 0 Å². The van der Waals surface area contributed by atoms with E-state index in [1.165, 1.54) is 30.3 Å². The lowest BCUT2D eigenvalue weighted by atomic mass is 10.1. The van der Waals surface area contributed by atoms with Crippen LogP contribution in [0.4, 0.5) is 0 Å². The van der Waals surface area contributed by atoms with Crippen molar-refractivity contribution < 1.29 is 18.0 Å². The zero-order valence-corrected chi connectivity index (χ0v) is 15.5. The molecule has 2 aromatic rings. The van der Waals surface area contributed by atoms with Gasteiger partial charge in [0.25, 0.3) is 5.91 Å². The van der Waals surface area contributed by atoms with Gasteiger partial charge in [-0.25, -0.2) is 13.1 Å². The summed E-state index contributed by atoms with van der Waals surface area (Å²) in [6.07, 6.45) is 1.94. The molecule has 0 saturated heterocycles. The van der Waals surface area contributed by atoms with Crippen molar-refractivity contribution in [1.29, 1.82) is 0 Å². The van der Waals surface area contributed by atoms with Crippen LogP contribution in [0, 0.1) is 0 Å². The molecule has 0 saturated carbocycles. The van der Waals surface area contributed by atoms with Crippen molar-refractivity contribution in [2.45, 2.75) is 11.3 Å². The van der Waals surface area contributed by atoms with Crippen LogP contribution >= 0.6 is 0 Å². The third-order valence-electron chi connectivity index (χ3n) is 3.73. The van der Waals surface area contributed by atoms with E-state index in [9.17, 15) is 18.0 Å². The Balaban J connectivity index is 2.00. The summed E-state index contributed by atoms with van der Waals surface area (Å²) in [6, 6.07) is 12.6. The second kappa shape index (κ2) is 9.11. The zero-order chi connectivity index (χ0) is 19.9. The van der Waals surface area contributed by atoms with Gasteiger partial charge in [-0.15, -0.1) is 6.58 Å². The molecule has 0 atom stereocenters. The van der Waals surface area contributed by atoms with Gasteiger partial charge in [-0.2, -0.15) is 0 Å². The molecule has 4 N–H and O–H groups in total. The van der Waals surface area contributed by atoms with Gasteiger partial charge in [-0.05, 0) is 42.3 Å². The predicted octanol–water partition coefficient (Wildman–Crippen LogP) is 1.22. The average Bonchev–Trinajstić information content (AvgIpc) is 2.66. The van der Waals surface area contributed by atoms with E-state index in [0.717, 1.165) is 5.56 Å². The monoisotopic (exact) mass is 387 g/mol. The summed E-state index contributed by atoms with van der Waals surface area (Å²) in [5.74, 6) is -0.897. The van der Waals surface area contributed by atoms with Gasteiger partial charge in [-0.1, -0.05) is 24.3 Å². The molecule has 2 amide bonds. The van der Waals surface area contributed by atoms with Crippen molar-refractivity contribution in [3.63, 3.8) is 0 Å². The number of nitrogens with one attached hydrogen (secondary N) is 2. The Kier molecular flexibility index (Phi) is 6.86. The minimum atomic E-state index is -3.70. The van der Waals surface area contributed by atoms with Crippen molar-refractivity contribution in [1.82, 2.24) is 10.0 Å². The molecule has 0 aliphatic rings. The molecule has 0 radical (unpaired) electrons. The van der Waals surface area contributed by atoms with E-state index in [0.29, 0.717) is 18.5 Å². The SMILES string of the molecule is C=CCNS(=O)(=O)c1cccc(C(=O)NCCc2cccc(C(N)=O)c2)c1. The first-order valence-corrected chi connectivity index (χ1v) is 9.69. The summed E-state index contributed by atoms with van der Waals surface area (Å²) < 4.78 is 26.6. The molecular weight excluding hydrogens is 366 g/mol. The number of rotatable bonds is 9. The summed E-state index contributed by atoms with van der Waals surface area (Å²) in [7, 11) is -3.70. The number of benzene rings is 2. The molecule has 0 fully saturated rings. The lowest BCUT2D eigenvalue weighted by molar-refractivity contribution is 0.0952. The smallest absolute Gasteiger partial charge is 0.251 e. The van der Waals surface area contributed by atoms with E-state index < -0.39 is 15.9 Å². The minimum Gasteiger partial charge on any atom is -0.366 e. The van der Waals surface area contributed by atoms with Crippen LogP contribution < -0.4 is 15.8 Å². The maximum Gasteiger partial charge on any atom is 0.251 e. The standard InChI is InChI=1S/C19H21N3O4S/c1-2-10-22-27(25,26)17-8-4-7-16(13-17)19(24)21-11-9-14-5-3-6-15(12-14)18(20)23/h2-8,12-13,22H,1,9-11H2,(H2,20,23)(H,21,24). The van der Waals surface area contributed by atoms with Gasteiger partial charge >= 0.3 is 0 Å². The van der Waals surface area contributed by atoms with Crippen LogP contribution in [-0.4, -0.2) is 33.3 Å². The third kappa shape index (κ3) is 5.77. The van der Waals surface area contributed by atoms with Crippen LogP contribution in [0.3, 0.4) is 0 Å². The largest absolute Gasteiger partial charge is 0.366 e. The van der Waals surface area contributed by atoms with Crippen molar-refractivity contribution in [3.05, 3.63) is 77.9 Å². The predicted molar refractivity (Wildman–Crippen MR) is 103 cm³/mol. The van der Waals surface area contributed by atoms with Crippen LogP contribution in [0.5, 0.6) is 0 Å². The van der Waals surface area contributed by atoms with Gasteiger partial charge < -0.3 is 11.1 Å². The summed E-state index contributed by atoms with van der Waals surface area (Å²) in [4.78, 5) is 23.5. The maximum absolute atomic E-state index is 12.3. The molecule has 8 heteroatoms. The molecule has 0 aromatic heterocycles. The van der Waals surface area contributed by atoms with Crippen LogP contribution in [-0.2, 0) is 16.4 Å². The highest BCUT2D eigenvalue weighted by Crippen LogP contribution is 2.11. The second-order valence-corrected chi connectivity index (χ2v) is 7.51. The number of amides is 2. The average molecular weight is 387 g/mol. The Morgan fingerprint density at radius 3 is 2.48 bits per heavy atom. The quantitative estimate of drug-likeness (QED) is 0.561. The molecule has 0 aliphatic heterocycles. The van der Waals surface area contributed by atoms with Gasteiger partial charge in [0, 0.05) is 24.2 Å². The normalized spacial score (nSPS) is 11.0. The molecule has 0 spiro atoms. The fourth-order valence-electron chi connectivity index (χ4n) is 2.36. The number of nitrogens with two attached hydrogens (primary N) is 1.